The predicted molar refractivity (Wildman–Crippen MR) is 72.9 cm³/mol. The van der Waals surface area contributed by atoms with E-state index in [1.54, 1.807) is 12.1 Å². The molecule has 0 aliphatic carbocycles. The summed E-state index contributed by atoms with van der Waals surface area (Å²) in [6.45, 7) is 5.15. The van der Waals surface area contributed by atoms with Gasteiger partial charge in [-0.2, -0.15) is 0 Å². The van der Waals surface area contributed by atoms with Crippen molar-refractivity contribution in [2.24, 2.45) is 0 Å². The number of hydrogen-bond acceptors (Lipinski definition) is 4. The number of para-hydroxylation sites is 1. The van der Waals surface area contributed by atoms with Crippen LogP contribution >= 0.6 is 11.8 Å². The normalized spacial score (nSPS) is 17.5. The Morgan fingerprint density at radius 3 is 2.72 bits per heavy atom. The van der Waals surface area contributed by atoms with Crippen molar-refractivity contribution < 1.29 is 9.90 Å². The topological polar surface area (TPSA) is 52.6 Å². The highest BCUT2D eigenvalue weighted by Crippen LogP contribution is 2.31. The summed E-state index contributed by atoms with van der Waals surface area (Å²) < 4.78 is 0. The van der Waals surface area contributed by atoms with Gasteiger partial charge >= 0.3 is 0 Å². The molecule has 5 heteroatoms. The number of benzene rings is 1. The van der Waals surface area contributed by atoms with Gasteiger partial charge in [-0.1, -0.05) is 12.1 Å². The Balaban J connectivity index is 1.96. The van der Waals surface area contributed by atoms with E-state index in [4.69, 9.17) is 0 Å². The molecule has 1 aromatic rings. The maximum atomic E-state index is 12.2. The molecule has 4 nitrogen and oxygen atoms in total. The molecule has 1 unspecified atom stereocenters. The molecular weight excluding hydrogens is 248 g/mol. The first-order chi connectivity index (χ1) is 8.68. The number of rotatable bonds is 3. The van der Waals surface area contributed by atoms with E-state index in [1.165, 1.54) is 11.8 Å². The van der Waals surface area contributed by atoms with Crippen LogP contribution in [-0.4, -0.2) is 47.3 Å². The van der Waals surface area contributed by atoms with E-state index in [0.29, 0.717) is 0 Å². The SMILES string of the molecule is CC(Sc1ccccc1O)C(=O)N1CCNCC1. The highest BCUT2D eigenvalue weighted by molar-refractivity contribution is 8.00. The number of nitrogens with one attached hydrogen (secondary N) is 1. The highest BCUT2D eigenvalue weighted by atomic mass is 32.2. The lowest BCUT2D eigenvalue weighted by atomic mass is 10.3. The van der Waals surface area contributed by atoms with E-state index in [-0.39, 0.29) is 16.9 Å². The van der Waals surface area contributed by atoms with Crippen LogP contribution in [0.2, 0.25) is 0 Å². The summed E-state index contributed by atoms with van der Waals surface area (Å²) in [5, 5.41) is 12.8. The van der Waals surface area contributed by atoms with Crippen molar-refractivity contribution in [3.63, 3.8) is 0 Å². The molecule has 0 spiro atoms. The second-order valence-corrected chi connectivity index (χ2v) is 5.69. The maximum absolute atomic E-state index is 12.2. The Kier molecular flexibility index (Phi) is 4.49. The smallest absolute Gasteiger partial charge is 0.235 e. The lowest BCUT2D eigenvalue weighted by Crippen LogP contribution is -2.48. The van der Waals surface area contributed by atoms with Crippen molar-refractivity contribution in [3.8, 4) is 5.75 Å². The first-order valence-electron chi connectivity index (χ1n) is 6.12. The Bertz CT molecular complexity index is 419. The molecule has 2 rings (SSSR count). The van der Waals surface area contributed by atoms with Crippen LogP contribution in [0.1, 0.15) is 6.92 Å². The number of aromatic hydroxyl groups is 1. The quantitative estimate of drug-likeness (QED) is 0.810. The van der Waals surface area contributed by atoms with Crippen molar-refractivity contribution in [2.75, 3.05) is 26.2 Å². The first-order valence-corrected chi connectivity index (χ1v) is 7.00. The van der Waals surface area contributed by atoms with Gasteiger partial charge in [0.15, 0.2) is 0 Å². The van der Waals surface area contributed by atoms with Crippen molar-refractivity contribution >= 4 is 17.7 Å². The molecule has 0 aromatic heterocycles. The van der Waals surface area contributed by atoms with Crippen LogP contribution < -0.4 is 5.32 Å². The maximum Gasteiger partial charge on any atom is 0.235 e. The Hall–Kier alpha value is -1.20. The Labute approximate surface area is 111 Å². The van der Waals surface area contributed by atoms with E-state index >= 15 is 0 Å². The summed E-state index contributed by atoms with van der Waals surface area (Å²) in [4.78, 5) is 14.9. The van der Waals surface area contributed by atoms with Crippen LogP contribution in [-0.2, 0) is 4.79 Å². The van der Waals surface area contributed by atoms with Crippen molar-refractivity contribution in [2.45, 2.75) is 17.1 Å². The summed E-state index contributed by atoms with van der Waals surface area (Å²) in [6, 6.07) is 7.12. The second-order valence-electron chi connectivity index (χ2n) is 4.30. The van der Waals surface area contributed by atoms with Crippen LogP contribution in [0.5, 0.6) is 5.75 Å². The molecule has 1 aliphatic rings. The van der Waals surface area contributed by atoms with Crippen molar-refractivity contribution in [3.05, 3.63) is 24.3 Å². The van der Waals surface area contributed by atoms with Gasteiger partial charge in [0, 0.05) is 31.1 Å². The minimum atomic E-state index is -0.170. The zero-order valence-electron chi connectivity index (χ0n) is 10.4. The van der Waals surface area contributed by atoms with E-state index in [2.05, 4.69) is 5.32 Å². The van der Waals surface area contributed by atoms with Gasteiger partial charge in [-0.05, 0) is 19.1 Å². The van der Waals surface area contributed by atoms with Crippen LogP contribution in [0.4, 0.5) is 0 Å². The zero-order chi connectivity index (χ0) is 13.0. The fourth-order valence-electron chi connectivity index (χ4n) is 1.94. The number of carbonyl (C=O) groups excluding carboxylic acids is 1. The number of carbonyl (C=O) groups is 1. The van der Waals surface area contributed by atoms with Gasteiger partial charge in [0.25, 0.3) is 0 Å². The summed E-state index contributed by atoms with van der Waals surface area (Å²) in [5.41, 5.74) is 0. The van der Waals surface area contributed by atoms with Gasteiger partial charge in [0.05, 0.1) is 5.25 Å². The number of phenols is 1. The molecule has 1 atom stereocenters. The van der Waals surface area contributed by atoms with E-state index in [0.717, 1.165) is 31.1 Å². The van der Waals surface area contributed by atoms with Gasteiger partial charge in [-0.15, -0.1) is 11.8 Å². The van der Waals surface area contributed by atoms with Gasteiger partial charge < -0.3 is 15.3 Å². The minimum Gasteiger partial charge on any atom is -0.507 e. The molecule has 1 fully saturated rings. The fourth-order valence-corrected chi connectivity index (χ4v) is 2.92. The molecule has 1 aromatic carbocycles. The lowest BCUT2D eigenvalue weighted by molar-refractivity contribution is -0.130. The van der Waals surface area contributed by atoms with Gasteiger partial charge in [0.1, 0.15) is 5.75 Å². The fraction of sp³-hybridized carbons (Fsp3) is 0.462. The largest absolute Gasteiger partial charge is 0.507 e. The summed E-state index contributed by atoms with van der Waals surface area (Å²) in [7, 11) is 0. The number of amides is 1. The summed E-state index contributed by atoms with van der Waals surface area (Å²) >= 11 is 1.41. The van der Waals surface area contributed by atoms with Crippen molar-refractivity contribution in [1.82, 2.24) is 10.2 Å². The minimum absolute atomic E-state index is 0.143. The molecule has 1 heterocycles. The molecule has 98 valence electrons. The third-order valence-electron chi connectivity index (χ3n) is 2.95. The Morgan fingerprint density at radius 1 is 1.39 bits per heavy atom. The van der Waals surface area contributed by atoms with Gasteiger partial charge in [-0.3, -0.25) is 4.79 Å². The van der Waals surface area contributed by atoms with Crippen LogP contribution in [0.15, 0.2) is 29.2 Å². The predicted octanol–water partition coefficient (Wildman–Crippen LogP) is 1.30. The molecule has 0 bridgehead atoms. The van der Waals surface area contributed by atoms with Gasteiger partial charge in [-0.25, -0.2) is 0 Å². The van der Waals surface area contributed by atoms with Gasteiger partial charge in [0.2, 0.25) is 5.91 Å². The summed E-state index contributed by atoms with van der Waals surface area (Å²) in [6.07, 6.45) is 0. The van der Waals surface area contributed by atoms with Crippen molar-refractivity contribution in [1.29, 1.82) is 0 Å². The number of nitrogens with zero attached hydrogens (tertiary/aromatic N) is 1. The summed E-state index contributed by atoms with van der Waals surface area (Å²) in [5.74, 6) is 0.382. The highest BCUT2D eigenvalue weighted by Gasteiger charge is 2.23. The monoisotopic (exact) mass is 266 g/mol. The molecular formula is C13H18N2O2S. The molecule has 1 amide bonds. The van der Waals surface area contributed by atoms with E-state index < -0.39 is 0 Å². The number of piperazine rings is 1. The average Bonchev–Trinajstić information content (AvgIpc) is 2.41. The first kappa shape index (κ1) is 13.2. The molecule has 18 heavy (non-hydrogen) atoms. The third kappa shape index (κ3) is 3.17. The molecule has 0 saturated carbocycles. The third-order valence-corrected chi connectivity index (χ3v) is 4.10. The number of thioether (sulfide) groups is 1. The Morgan fingerprint density at radius 2 is 2.06 bits per heavy atom. The second kappa shape index (κ2) is 6.11. The standard InChI is InChI=1S/C13H18N2O2S/c1-10(13(17)15-8-6-14-7-9-15)18-12-5-3-2-4-11(12)16/h2-5,10,14,16H,6-9H2,1H3. The average molecular weight is 266 g/mol. The molecule has 1 aliphatic heterocycles. The van der Waals surface area contributed by atoms with Crippen LogP contribution in [0.25, 0.3) is 0 Å². The molecule has 0 radical (unpaired) electrons. The lowest BCUT2D eigenvalue weighted by Gasteiger charge is -2.29. The van der Waals surface area contributed by atoms with Crippen LogP contribution in [0.3, 0.4) is 0 Å². The zero-order valence-corrected chi connectivity index (χ0v) is 11.2. The number of phenolic OH excluding ortho intramolecular Hbond substituents is 1. The number of hydrogen-bond donors (Lipinski definition) is 2. The van der Waals surface area contributed by atoms with E-state index in [1.807, 2.05) is 24.0 Å². The molecule has 2 N–H and O–H groups in total. The van der Waals surface area contributed by atoms with E-state index in [9.17, 15) is 9.90 Å². The van der Waals surface area contributed by atoms with Crippen LogP contribution in [0, 0.1) is 0 Å². The molecule has 1 saturated heterocycles.